The maximum absolute atomic E-state index is 14.2. The molecule has 1 aliphatic rings. The summed E-state index contributed by atoms with van der Waals surface area (Å²) >= 11 is 0. The molecule has 0 saturated heterocycles. The van der Waals surface area contributed by atoms with E-state index in [1.807, 2.05) is 26.0 Å². The van der Waals surface area contributed by atoms with Crippen molar-refractivity contribution in [2.75, 3.05) is 11.9 Å². The van der Waals surface area contributed by atoms with Crippen LogP contribution in [0.25, 0.3) is 11.1 Å². The van der Waals surface area contributed by atoms with Crippen LogP contribution in [-0.4, -0.2) is 16.3 Å². The van der Waals surface area contributed by atoms with Crippen LogP contribution in [0.2, 0.25) is 0 Å². The zero-order valence-electron chi connectivity index (χ0n) is 10.6. The SMILES string of the molecule is CC(C)n1ncc(-c2ccc3c(c2)CCN3)c1F. The number of anilines is 1. The summed E-state index contributed by atoms with van der Waals surface area (Å²) in [5, 5.41) is 7.41. The predicted octanol–water partition coefficient (Wildman–Crippen LogP) is 3.24. The van der Waals surface area contributed by atoms with Crippen molar-refractivity contribution in [2.24, 2.45) is 0 Å². The molecule has 0 atom stereocenters. The molecule has 0 bridgehead atoms. The lowest BCUT2D eigenvalue weighted by atomic mass is 10.0. The molecule has 0 amide bonds. The molecule has 1 aliphatic heterocycles. The topological polar surface area (TPSA) is 29.9 Å². The Hall–Kier alpha value is -1.84. The van der Waals surface area contributed by atoms with Crippen LogP contribution < -0.4 is 5.32 Å². The monoisotopic (exact) mass is 245 g/mol. The van der Waals surface area contributed by atoms with Crippen LogP contribution in [0.5, 0.6) is 0 Å². The van der Waals surface area contributed by atoms with Gasteiger partial charge in [-0.15, -0.1) is 0 Å². The zero-order chi connectivity index (χ0) is 12.7. The van der Waals surface area contributed by atoms with Gasteiger partial charge in [0.15, 0.2) is 0 Å². The lowest BCUT2D eigenvalue weighted by Gasteiger charge is -2.06. The number of halogens is 1. The van der Waals surface area contributed by atoms with Crippen molar-refractivity contribution in [3.8, 4) is 11.1 Å². The van der Waals surface area contributed by atoms with Crippen molar-refractivity contribution in [1.29, 1.82) is 0 Å². The summed E-state index contributed by atoms with van der Waals surface area (Å²) in [7, 11) is 0. The van der Waals surface area contributed by atoms with E-state index in [1.165, 1.54) is 10.2 Å². The molecule has 3 nitrogen and oxygen atoms in total. The molecule has 0 saturated carbocycles. The van der Waals surface area contributed by atoms with E-state index in [0.29, 0.717) is 5.56 Å². The molecular formula is C14H16FN3. The highest BCUT2D eigenvalue weighted by Crippen LogP contribution is 2.30. The van der Waals surface area contributed by atoms with Crippen molar-refractivity contribution in [2.45, 2.75) is 26.3 Å². The van der Waals surface area contributed by atoms with Gasteiger partial charge in [0, 0.05) is 18.3 Å². The van der Waals surface area contributed by atoms with Crippen LogP contribution in [0.1, 0.15) is 25.5 Å². The molecule has 1 aromatic heterocycles. The summed E-state index contributed by atoms with van der Waals surface area (Å²) in [5.41, 5.74) is 3.90. The van der Waals surface area contributed by atoms with Crippen molar-refractivity contribution in [3.63, 3.8) is 0 Å². The van der Waals surface area contributed by atoms with Crippen LogP contribution >= 0.6 is 0 Å². The second-order valence-electron chi connectivity index (χ2n) is 4.94. The normalized spacial score (nSPS) is 13.8. The maximum atomic E-state index is 14.2. The first kappa shape index (κ1) is 11.3. The molecule has 2 aromatic rings. The lowest BCUT2D eigenvalue weighted by Crippen LogP contribution is -2.05. The minimum Gasteiger partial charge on any atom is -0.384 e. The third-order valence-electron chi connectivity index (χ3n) is 3.35. The molecule has 0 spiro atoms. The first-order chi connectivity index (χ1) is 8.66. The molecule has 4 heteroatoms. The van der Waals surface area contributed by atoms with Gasteiger partial charge in [-0.1, -0.05) is 6.07 Å². The minimum atomic E-state index is -0.254. The second-order valence-corrected chi connectivity index (χ2v) is 4.94. The number of fused-ring (bicyclic) bond motifs is 1. The first-order valence-corrected chi connectivity index (χ1v) is 6.27. The Balaban J connectivity index is 2.05. The third kappa shape index (κ3) is 1.68. The molecule has 18 heavy (non-hydrogen) atoms. The summed E-state index contributed by atoms with van der Waals surface area (Å²) in [6.45, 7) is 4.81. The van der Waals surface area contributed by atoms with Gasteiger partial charge in [-0.25, -0.2) is 4.68 Å². The zero-order valence-corrected chi connectivity index (χ0v) is 10.6. The Morgan fingerprint density at radius 2 is 2.22 bits per heavy atom. The largest absolute Gasteiger partial charge is 0.384 e. The Morgan fingerprint density at radius 3 is 2.94 bits per heavy atom. The number of nitrogens with one attached hydrogen (secondary N) is 1. The highest BCUT2D eigenvalue weighted by molar-refractivity contribution is 5.69. The van der Waals surface area contributed by atoms with Gasteiger partial charge in [-0.2, -0.15) is 9.49 Å². The van der Waals surface area contributed by atoms with Crippen LogP contribution in [0.15, 0.2) is 24.4 Å². The Kier molecular flexibility index (Phi) is 2.58. The van der Waals surface area contributed by atoms with Crippen molar-refractivity contribution in [3.05, 3.63) is 35.9 Å². The summed E-state index contributed by atoms with van der Waals surface area (Å²) in [4.78, 5) is 0. The fourth-order valence-electron chi connectivity index (χ4n) is 2.37. The quantitative estimate of drug-likeness (QED) is 0.880. The van der Waals surface area contributed by atoms with Crippen LogP contribution in [-0.2, 0) is 6.42 Å². The Morgan fingerprint density at radius 1 is 1.39 bits per heavy atom. The lowest BCUT2D eigenvalue weighted by molar-refractivity contribution is 0.417. The third-order valence-corrected chi connectivity index (χ3v) is 3.35. The standard InChI is InChI=1S/C14H16FN3/c1-9(2)18-14(15)12(8-17-18)10-3-4-13-11(7-10)5-6-16-13/h3-4,7-9,16H,5-6H2,1-2H3. The molecule has 0 aliphatic carbocycles. The Labute approximate surface area is 106 Å². The van der Waals surface area contributed by atoms with Gasteiger partial charge in [0.2, 0.25) is 5.95 Å². The van der Waals surface area contributed by atoms with Gasteiger partial charge in [-0.05, 0) is 43.5 Å². The number of rotatable bonds is 2. The summed E-state index contributed by atoms with van der Waals surface area (Å²) in [6, 6.07) is 6.06. The van der Waals surface area contributed by atoms with Gasteiger partial charge in [0.25, 0.3) is 0 Å². The van der Waals surface area contributed by atoms with E-state index in [1.54, 1.807) is 6.20 Å². The molecule has 94 valence electrons. The maximum Gasteiger partial charge on any atom is 0.219 e. The van der Waals surface area contributed by atoms with E-state index in [4.69, 9.17) is 0 Å². The van der Waals surface area contributed by atoms with Gasteiger partial charge < -0.3 is 5.32 Å². The minimum absolute atomic E-state index is 0.0369. The van der Waals surface area contributed by atoms with Crippen molar-refractivity contribution >= 4 is 5.69 Å². The van der Waals surface area contributed by atoms with E-state index in [-0.39, 0.29) is 12.0 Å². The van der Waals surface area contributed by atoms with E-state index >= 15 is 0 Å². The molecule has 1 aromatic carbocycles. The van der Waals surface area contributed by atoms with Crippen molar-refractivity contribution < 1.29 is 4.39 Å². The highest BCUT2D eigenvalue weighted by Gasteiger charge is 2.16. The number of hydrogen-bond acceptors (Lipinski definition) is 2. The molecular weight excluding hydrogens is 229 g/mol. The Bertz CT molecular complexity index is 587. The predicted molar refractivity (Wildman–Crippen MR) is 70.2 cm³/mol. The van der Waals surface area contributed by atoms with Gasteiger partial charge >= 0.3 is 0 Å². The first-order valence-electron chi connectivity index (χ1n) is 6.27. The number of benzene rings is 1. The van der Waals surface area contributed by atoms with Crippen LogP contribution in [0, 0.1) is 5.95 Å². The summed E-state index contributed by atoms with van der Waals surface area (Å²) in [5.74, 6) is -0.254. The average Bonchev–Trinajstić information content (AvgIpc) is 2.93. The molecule has 0 fully saturated rings. The van der Waals surface area contributed by atoms with Gasteiger partial charge in [0.05, 0.1) is 11.8 Å². The van der Waals surface area contributed by atoms with E-state index in [2.05, 4.69) is 16.5 Å². The highest BCUT2D eigenvalue weighted by atomic mass is 19.1. The average molecular weight is 245 g/mol. The number of hydrogen-bond donors (Lipinski definition) is 1. The summed E-state index contributed by atoms with van der Waals surface area (Å²) in [6.07, 6.45) is 2.61. The second kappa shape index (κ2) is 4.12. The summed E-state index contributed by atoms with van der Waals surface area (Å²) < 4.78 is 15.6. The van der Waals surface area contributed by atoms with Crippen LogP contribution in [0.3, 0.4) is 0 Å². The van der Waals surface area contributed by atoms with Gasteiger partial charge in [-0.3, -0.25) is 0 Å². The van der Waals surface area contributed by atoms with Crippen molar-refractivity contribution in [1.82, 2.24) is 9.78 Å². The number of nitrogens with zero attached hydrogens (tertiary/aromatic N) is 2. The molecule has 1 N–H and O–H groups in total. The molecule has 2 heterocycles. The van der Waals surface area contributed by atoms with E-state index < -0.39 is 0 Å². The molecule has 0 radical (unpaired) electrons. The fraction of sp³-hybridized carbons (Fsp3) is 0.357. The van der Waals surface area contributed by atoms with E-state index in [0.717, 1.165) is 24.2 Å². The molecule has 3 rings (SSSR count). The van der Waals surface area contributed by atoms with Crippen LogP contribution in [0.4, 0.5) is 10.1 Å². The number of aromatic nitrogens is 2. The molecule has 0 unspecified atom stereocenters. The fourth-order valence-corrected chi connectivity index (χ4v) is 2.37. The van der Waals surface area contributed by atoms with E-state index in [9.17, 15) is 4.39 Å². The van der Waals surface area contributed by atoms with Gasteiger partial charge in [0.1, 0.15) is 0 Å². The smallest absolute Gasteiger partial charge is 0.219 e.